The Morgan fingerprint density at radius 2 is 2.00 bits per heavy atom. The molecule has 0 bridgehead atoms. The summed E-state index contributed by atoms with van der Waals surface area (Å²) in [5.41, 5.74) is 0. The fourth-order valence-electron chi connectivity index (χ4n) is 2.27. The Hall–Kier alpha value is -0.0900. The van der Waals surface area contributed by atoms with Gasteiger partial charge < -0.3 is 5.32 Å². The Kier molecular flexibility index (Phi) is 3.95. The zero-order chi connectivity index (χ0) is 10.8. The summed E-state index contributed by atoms with van der Waals surface area (Å²) in [6, 6.07) is 0.179. The molecule has 0 radical (unpaired) electrons. The molecule has 2 unspecified atom stereocenters. The van der Waals surface area contributed by atoms with E-state index in [9.17, 15) is 8.42 Å². The molecule has 0 aliphatic heterocycles. The predicted molar refractivity (Wildman–Crippen MR) is 59.1 cm³/mol. The molecule has 14 heavy (non-hydrogen) atoms. The largest absolute Gasteiger partial charge is 0.316 e. The van der Waals surface area contributed by atoms with Gasteiger partial charge in [-0.15, -0.1) is 0 Å². The van der Waals surface area contributed by atoms with Gasteiger partial charge in [0.05, 0.1) is 11.0 Å². The smallest absolute Gasteiger partial charge is 0.154 e. The first-order chi connectivity index (χ1) is 6.47. The average Bonchev–Trinajstić information content (AvgIpc) is 2.48. The van der Waals surface area contributed by atoms with E-state index in [-0.39, 0.29) is 17.2 Å². The first-order valence-corrected chi connectivity index (χ1v) is 7.07. The molecule has 1 N–H and O–H groups in total. The van der Waals surface area contributed by atoms with Crippen LogP contribution in [0.15, 0.2) is 0 Å². The number of hydrogen-bond donors (Lipinski definition) is 1. The highest BCUT2D eigenvalue weighted by atomic mass is 32.2. The SMILES string of the molecule is CNC1CCCC1S(=O)(=O)CC(C)C. The van der Waals surface area contributed by atoms with Gasteiger partial charge in [-0.1, -0.05) is 20.3 Å². The van der Waals surface area contributed by atoms with Crippen LogP contribution in [0.4, 0.5) is 0 Å². The molecule has 1 aliphatic carbocycles. The third kappa shape index (κ3) is 2.70. The van der Waals surface area contributed by atoms with Crippen molar-refractivity contribution < 1.29 is 8.42 Å². The monoisotopic (exact) mass is 219 g/mol. The van der Waals surface area contributed by atoms with E-state index < -0.39 is 9.84 Å². The molecular formula is C10H21NO2S. The van der Waals surface area contributed by atoms with Gasteiger partial charge in [0.1, 0.15) is 0 Å². The van der Waals surface area contributed by atoms with Gasteiger partial charge in [-0.2, -0.15) is 0 Å². The lowest BCUT2D eigenvalue weighted by Gasteiger charge is -2.20. The van der Waals surface area contributed by atoms with Crippen molar-refractivity contribution in [1.82, 2.24) is 5.32 Å². The molecule has 84 valence electrons. The van der Waals surface area contributed by atoms with Crippen molar-refractivity contribution in [2.24, 2.45) is 5.92 Å². The Balaban J connectivity index is 2.71. The molecule has 0 spiro atoms. The van der Waals surface area contributed by atoms with E-state index in [0.717, 1.165) is 19.3 Å². The molecule has 4 heteroatoms. The van der Waals surface area contributed by atoms with Crippen molar-refractivity contribution in [1.29, 1.82) is 0 Å². The molecule has 0 aromatic rings. The fourth-order valence-corrected chi connectivity index (χ4v) is 4.75. The molecule has 1 aliphatic rings. The number of rotatable bonds is 4. The minimum Gasteiger partial charge on any atom is -0.316 e. The van der Waals surface area contributed by atoms with Crippen LogP contribution in [0.25, 0.3) is 0 Å². The van der Waals surface area contributed by atoms with Crippen molar-refractivity contribution in [2.75, 3.05) is 12.8 Å². The van der Waals surface area contributed by atoms with Crippen LogP contribution in [0, 0.1) is 5.92 Å². The fraction of sp³-hybridized carbons (Fsp3) is 1.00. The highest BCUT2D eigenvalue weighted by Crippen LogP contribution is 2.26. The number of hydrogen-bond acceptors (Lipinski definition) is 3. The standard InChI is InChI=1S/C10H21NO2S/c1-8(2)7-14(12,13)10-6-4-5-9(10)11-3/h8-11H,4-7H2,1-3H3. The molecule has 3 nitrogen and oxygen atoms in total. The third-order valence-corrected chi connectivity index (χ3v) is 5.47. The molecule has 1 rings (SSSR count). The van der Waals surface area contributed by atoms with Gasteiger partial charge in [-0.05, 0) is 25.8 Å². The van der Waals surface area contributed by atoms with Gasteiger partial charge in [0.25, 0.3) is 0 Å². The quantitative estimate of drug-likeness (QED) is 0.773. The van der Waals surface area contributed by atoms with Crippen LogP contribution in [0.1, 0.15) is 33.1 Å². The molecule has 2 atom stereocenters. The zero-order valence-corrected chi connectivity index (χ0v) is 10.1. The minimum absolute atomic E-state index is 0.144. The number of nitrogens with one attached hydrogen (secondary N) is 1. The summed E-state index contributed by atoms with van der Waals surface area (Å²) in [4.78, 5) is 0. The maximum atomic E-state index is 12.0. The van der Waals surface area contributed by atoms with Crippen molar-refractivity contribution in [3.8, 4) is 0 Å². The zero-order valence-electron chi connectivity index (χ0n) is 9.29. The van der Waals surface area contributed by atoms with E-state index in [0.29, 0.717) is 5.75 Å². The van der Waals surface area contributed by atoms with E-state index in [4.69, 9.17) is 0 Å². The van der Waals surface area contributed by atoms with Crippen LogP contribution in [-0.4, -0.2) is 32.5 Å². The Morgan fingerprint density at radius 3 is 2.50 bits per heavy atom. The van der Waals surface area contributed by atoms with Crippen molar-refractivity contribution >= 4 is 9.84 Å². The Labute approximate surface area is 87.2 Å². The maximum Gasteiger partial charge on any atom is 0.154 e. The van der Waals surface area contributed by atoms with E-state index in [2.05, 4.69) is 5.32 Å². The molecule has 0 saturated heterocycles. The van der Waals surface area contributed by atoms with Crippen LogP contribution in [0.3, 0.4) is 0 Å². The van der Waals surface area contributed by atoms with E-state index in [1.54, 1.807) is 0 Å². The summed E-state index contributed by atoms with van der Waals surface area (Å²) in [7, 11) is -1.03. The van der Waals surface area contributed by atoms with Gasteiger partial charge in [0.2, 0.25) is 0 Å². The summed E-state index contributed by atoms with van der Waals surface area (Å²) in [5.74, 6) is 0.564. The summed E-state index contributed by atoms with van der Waals surface area (Å²) in [5, 5.41) is 2.97. The summed E-state index contributed by atoms with van der Waals surface area (Å²) in [6.45, 7) is 3.92. The lowest BCUT2D eigenvalue weighted by atomic mass is 10.2. The van der Waals surface area contributed by atoms with Crippen LogP contribution in [0.5, 0.6) is 0 Å². The average molecular weight is 219 g/mol. The Bertz CT molecular complexity index is 272. The summed E-state index contributed by atoms with van der Waals surface area (Å²) < 4.78 is 23.9. The summed E-state index contributed by atoms with van der Waals surface area (Å²) >= 11 is 0. The molecule has 0 amide bonds. The molecule has 0 heterocycles. The van der Waals surface area contributed by atoms with Crippen molar-refractivity contribution in [3.05, 3.63) is 0 Å². The first kappa shape index (κ1) is 12.0. The lowest BCUT2D eigenvalue weighted by Crippen LogP contribution is -2.40. The second-order valence-electron chi connectivity index (χ2n) is 4.59. The minimum atomic E-state index is -2.88. The van der Waals surface area contributed by atoms with Gasteiger partial charge in [0, 0.05) is 6.04 Å². The van der Waals surface area contributed by atoms with Crippen LogP contribution >= 0.6 is 0 Å². The van der Waals surface area contributed by atoms with Gasteiger partial charge in [0.15, 0.2) is 9.84 Å². The van der Waals surface area contributed by atoms with Crippen LogP contribution in [0.2, 0.25) is 0 Å². The Morgan fingerprint density at radius 1 is 1.36 bits per heavy atom. The third-order valence-electron chi connectivity index (χ3n) is 2.85. The van der Waals surface area contributed by atoms with Crippen molar-refractivity contribution in [2.45, 2.75) is 44.4 Å². The van der Waals surface area contributed by atoms with Crippen molar-refractivity contribution in [3.63, 3.8) is 0 Å². The lowest BCUT2D eigenvalue weighted by molar-refractivity contribution is 0.530. The molecule has 0 aromatic carbocycles. The van der Waals surface area contributed by atoms with E-state index in [1.807, 2.05) is 20.9 Å². The predicted octanol–water partition coefficient (Wildman–Crippen LogP) is 1.20. The van der Waals surface area contributed by atoms with E-state index in [1.165, 1.54) is 0 Å². The summed E-state index contributed by atoms with van der Waals surface area (Å²) in [6.07, 6.45) is 2.87. The second-order valence-corrected chi connectivity index (χ2v) is 6.85. The maximum absolute atomic E-state index is 12.0. The topological polar surface area (TPSA) is 46.2 Å². The van der Waals surface area contributed by atoms with Gasteiger partial charge in [-0.3, -0.25) is 0 Å². The van der Waals surface area contributed by atoms with E-state index >= 15 is 0 Å². The molecule has 1 fully saturated rings. The highest BCUT2D eigenvalue weighted by Gasteiger charge is 2.36. The highest BCUT2D eigenvalue weighted by molar-refractivity contribution is 7.92. The first-order valence-electron chi connectivity index (χ1n) is 5.36. The van der Waals surface area contributed by atoms with Gasteiger partial charge >= 0.3 is 0 Å². The second kappa shape index (κ2) is 4.62. The molecule has 1 saturated carbocycles. The number of sulfone groups is 1. The normalized spacial score (nSPS) is 28.6. The van der Waals surface area contributed by atoms with Crippen LogP contribution in [-0.2, 0) is 9.84 Å². The van der Waals surface area contributed by atoms with Crippen LogP contribution < -0.4 is 5.32 Å². The molecular weight excluding hydrogens is 198 g/mol. The van der Waals surface area contributed by atoms with Gasteiger partial charge in [-0.25, -0.2) is 8.42 Å². The molecule has 0 aromatic heterocycles.